The summed E-state index contributed by atoms with van der Waals surface area (Å²) in [6.07, 6.45) is 1.73. The summed E-state index contributed by atoms with van der Waals surface area (Å²) >= 11 is 13.6. The van der Waals surface area contributed by atoms with Crippen LogP contribution in [-0.2, 0) is 0 Å². The number of nitrogens with zero attached hydrogens (tertiary/aromatic N) is 2. The molecule has 1 aromatic carbocycles. The van der Waals surface area contributed by atoms with Crippen LogP contribution in [0.1, 0.15) is 0 Å². The lowest BCUT2D eigenvalue weighted by Crippen LogP contribution is -1.95. The fraction of sp³-hybridized carbons (Fsp3) is 0.0667. The van der Waals surface area contributed by atoms with Crippen molar-refractivity contribution in [2.24, 2.45) is 0 Å². The van der Waals surface area contributed by atoms with Gasteiger partial charge in [0.05, 0.1) is 16.0 Å². The van der Waals surface area contributed by atoms with Gasteiger partial charge < -0.3 is 5.32 Å². The largest absolute Gasteiger partial charge is 0.357 e. The summed E-state index contributed by atoms with van der Waals surface area (Å²) in [5.41, 5.74) is 2.69. The molecule has 0 atom stereocenters. The second-order valence-corrected chi connectivity index (χ2v) is 5.96. The molecule has 0 saturated heterocycles. The molecule has 3 aromatic rings. The van der Waals surface area contributed by atoms with Crippen molar-refractivity contribution in [3.8, 4) is 21.7 Å². The summed E-state index contributed by atoms with van der Waals surface area (Å²) in [5, 5.41) is 7.41. The van der Waals surface area contributed by atoms with Crippen LogP contribution in [-0.4, -0.2) is 17.0 Å². The molecule has 21 heavy (non-hydrogen) atoms. The van der Waals surface area contributed by atoms with E-state index < -0.39 is 0 Å². The van der Waals surface area contributed by atoms with Crippen LogP contribution in [0.5, 0.6) is 0 Å². The van der Waals surface area contributed by atoms with E-state index in [4.69, 9.17) is 23.2 Å². The molecule has 0 bridgehead atoms. The Labute approximate surface area is 136 Å². The third-order valence-electron chi connectivity index (χ3n) is 2.90. The number of benzene rings is 1. The summed E-state index contributed by atoms with van der Waals surface area (Å²) in [4.78, 5) is 9.54. The number of hydrogen-bond donors (Lipinski definition) is 1. The average molecular weight is 335 g/mol. The second kappa shape index (κ2) is 6.02. The summed E-state index contributed by atoms with van der Waals surface area (Å²) in [5.74, 6) is 0.590. The number of nitrogens with one attached hydrogen (secondary N) is 1. The first-order valence-electron chi connectivity index (χ1n) is 6.15. The van der Waals surface area contributed by atoms with E-state index in [1.807, 2.05) is 24.3 Å². The third kappa shape index (κ3) is 3.02. The van der Waals surface area contributed by atoms with Gasteiger partial charge in [-0.15, -0.1) is 11.3 Å². The maximum absolute atomic E-state index is 6.23. The molecule has 6 heteroatoms. The van der Waals surface area contributed by atoms with Gasteiger partial charge >= 0.3 is 0 Å². The molecule has 2 aromatic heterocycles. The molecule has 2 heterocycles. The minimum absolute atomic E-state index is 0.590. The molecule has 105 valence electrons. The molecule has 0 spiro atoms. The molecule has 1 N–H and O–H groups in total. The lowest BCUT2D eigenvalue weighted by atomic mass is 10.1. The van der Waals surface area contributed by atoms with Crippen molar-refractivity contribution in [2.45, 2.75) is 0 Å². The first-order valence-corrected chi connectivity index (χ1v) is 7.73. The predicted molar refractivity (Wildman–Crippen MR) is 89.2 cm³/mol. The van der Waals surface area contributed by atoms with Gasteiger partial charge in [0, 0.05) is 34.4 Å². The van der Waals surface area contributed by atoms with Gasteiger partial charge in [0.15, 0.2) is 0 Å². The molecule has 3 rings (SSSR count). The number of rotatable bonds is 3. The maximum Gasteiger partial charge on any atom is 0.222 e. The van der Waals surface area contributed by atoms with Crippen LogP contribution in [0.2, 0.25) is 10.0 Å². The van der Waals surface area contributed by atoms with E-state index in [2.05, 4.69) is 20.7 Å². The lowest BCUT2D eigenvalue weighted by molar-refractivity contribution is 1.16. The normalized spacial score (nSPS) is 10.6. The highest BCUT2D eigenvalue weighted by molar-refractivity contribution is 7.13. The third-order valence-corrected chi connectivity index (χ3v) is 4.32. The summed E-state index contributed by atoms with van der Waals surface area (Å²) in [6.45, 7) is 0. The zero-order chi connectivity index (χ0) is 14.8. The van der Waals surface area contributed by atoms with Crippen LogP contribution in [0, 0.1) is 5.38 Å². The summed E-state index contributed by atoms with van der Waals surface area (Å²) in [6, 6.07) is 9.33. The van der Waals surface area contributed by atoms with Gasteiger partial charge in [-0.3, -0.25) is 0 Å². The number of thiophene rings is 1. The van der Waals surface area contributed by atoms with Crippen LogP contribution in [0.4, 0.5) is 5.95 Å². The van der Waals surface area contributed by atoms with Crippen LogP contribution >= 0.6 is 34.5 Å². The van der Waals surface area contributed by atoms with Gasteiger partial charge in [-0.2, -0.15) is 0 Å². The van der Waals surface area contributed by atoms with Crippen molar-refractivity contribution in [1.82, 2.24) is 9.97 Å². The SMILES string of the molecule is CNc1nccc(-c2cc(-c3ccc(Cl)cc3Cl)[c]s2)n1. The lowest BCUT2D eigenvalue weighted by Gasteiger charge is -2.02. The molecule has 0 unspecified atom stereocenters. The highest BCUT2D eigenvalue weighted by Gasteiger charge is 2.10. The van der Waals surface area contributed by atoms with Crippen LogP contribution < -0.4 is 5.32 Å². The van der Waals surface area contributed by atoms with Crippen LogP contribution in [0.25, 0.3) is 21.7 Å². The first-order chi connectivity index (χ1) is 10.2. The Kier molecular flexibility index (Phi) is 4.10. The van der Waals surface area contributed by atoms with Gasteiger partial charge in [0.25, 0.3) is 0 Å². The van der Waals surface area contributed by atoms with E-state index in [0.717, 1.165) is 21.7 Å². The Morgan fingerprint density at radius 2 is 2.05 bits per heavy atom. The zero-order valence-electron chi connectivity index (χ0n) is 11.0. The average Bonchev–Trinajstić information content (AvgIpc) is 2.97. The second-order valence-electron chi connectivity index (χ2n) is 4.27. The van der Waals surface area contributed by atoms with E-state index in [1.165, 1.54) is 11.3 Å². The molecular formula is C15H10Cl2N3S. The van der Waals surface area contributed by atoms with Crippen molar-refractivity contribution in [3.63, 3.8) is 0 Å². The Bertz CT molecular complexity index is 786. The molecule has 0 aliphatic carbocycles. The van der Waals surface area contributed by atoms with Gasteiger partial charge in [-0.25, -0.2) is 9.97 Å². The van der Waals surface area contributed by atoms with E-state index >= 15 is 0 Å². The smallest absolute Gasteiger partial charge is 0.222 e. The molecule has 0 aliphatic heterocycles. The van der Waals surface area contributed by atoms with Crippen molar-refractivity contribution < 1.29 is 0 Å². The van der Waals surface area contributed by atoms with E-state index in [9.17, 15) is 0 Å². The Morgan fingerprint density at radius 1 is 1.19 bits per heavy atom. The maximum atomic E-state index is 6.23. The first kappa shape index (κ1) is 14.3. The van der Waals surface area contributed by atoms with Crippen molar-refractivity contribution in [1.29, 1.82) is 0 Å². The van der Waals surface area contributed by atoms with Gasteiger partial charge in [0.2, 0.25) is 5.95 Å². The predicted octanol–water partition coefficient (Wildman–Crippen LogP) is 5.02. The standard InChI is InChI=1S/C15H10Cl2N3S/c1-18-15-19-5-4-13(20-15)14-6-9(8-21-14)11-3-2-10(16)7-12(11)17/h2-7H,1H3,(H,18,19,20). The highest BCUT2D eigenvalue weighted by Crippen LogP contribution is 2.35. The Balaban J connectivity index is 1.99. The molecule has 0 aliphatic rings. The number of aromatic nitrogens is 2. The van der Waals surface area contributed by atoms with Gasteiger partial charge in [0.1, 0.15) is 0 Å². The van der Waals surface area contributed by atoms with Crippen LogP contribution in [0.15, 0.2) is 36.5 Å². The molecule has 0 amide bonds. The van der Waals surface area contributed by atoms with Crippen molar-refractivity contribution in [2.75, 3.05) is 12.4 Å². The summed E-state index contributed by atoms with van der Waals surface area (Å²) in [7, 11) is 1.79. The molecule has 0 fully saturated rings. The summed E-state index contributed by atoms with van der Waals surface area (Å²) < 4.78 is 0. The Morgan fingerprint density at radius 3 is 2.81 bits per heavy atom. The highest BCUT2D eigenvalue weighted by atomic mass is 35.5. The monoisotopic (exact) mass is 334 g/mol. The zero-order valence-corrected chi connectivity index (χ0v) is 13.4. The van der Waals surface area contributed by atoms with E-state index in [-0.39, 0.29) is 0 Å². The minimum Gasteiger partial charge on any atom is -0.357 e. The molecule has 3 nitrogen and oxygen atoms in total. The van der Waals surface area contributed by atoms with Crippen molar-refractivity contribution >= 4 is 40.5 Å². The van der Waals surface area contributed by atoms with Gasteiger partial charge in [-0.05, 0) is 24.3 Å². The molecular weight excluding hydrogens is 325 g/mol. The number of hydrogen-bond acceptors (Lipinski definition) is 4. The number of anilines is 1. The quantitative estimate of drug-likeness (QED) is 0.730. The van der Waals surface area contributed by atoms with Crippen LogP contribution in [0.3, 0.4) is 0 Å². The van der Waals surface area contributed by atoms with Gasteiger partial charge in [-0.1, -0.05) is 29.3 Å². The minimum atomic E-state index is 0.590. The molecule has 1 radical (unpaired) electrons. The molecule has 0 saturated carbocycles. The number of halogens is 2. The van der Waals surface area contributed by atoms with E-state index in [0.29, 0.717) is 16.0 Å². The fourth-order valence-electron chi connectivity index (χ4n) is 1.88. The van der Waals surface area contributed by atoms with E-state index in [1.54, 1.807) is 19.3 Å². The fourth-order valence-corrected chi connectivity index (χ4v) is 3.18. The Hall–Kier alpha value is -1.62. The van der Waals surface area contributed by atoms with Crippen molar-refractivity contribution in [3.05, 3.63) is 52.0 Å². The topological polar surface area (TPSA) is 37.8 Å².